The standard InChI is InChI=1S/C24H29F3N6O4/c25-14-1-3-16(4-2-14)31-24-28-11-19(21(32-24)29-15-5-7-18(34)8-6-15)22(36)30-17-9-10-33(12-17)20(35)13-37-23(26)27/h1-4,11,15,17-18,23,34H,5-10,12-13H2,(H,30,36)(H2,28,29,31,32)/t15?,17-,18?/m0/s1. The van der Waals surface area contributed by atoms with Gasteiger partial charge >= 0.3 is 6.61 Å². The number of anilines is 3. The molecule has 1 aliphatic carbocycles. The first-order valence-corrected chi connectivity index (χ1v) is 12.1. The molecule has 1 atom stereocenters. The van der Waals surface area contributed by atoms with Crippen molar-refractivity contribution in [3.8, 4) is 0 Å². The molecule has 0 spiro atoms. The van der Waals surface area contributed by atoms with Gasteiger partial charge in [-0.25, -0.2) is 9.37 Å². The third kappa shape index (κ3) is 7.52. The van der Waals surface area contributed by atoms with Crippen LogP contribution in [0.25, 0.3) is 0 Å². The molecule has 1 saturated heterocycles. The first-order valence-electron chi connectivity index (χ1n) is 12.1. The number of amides is 2. The van der Waals surface area contributed by atoms with Crippen LogP contribution >= 0.6 is 0 Å². The molecule has 1 aliphatic heterocycles. The van der Waals surface area contributed by atoms with Crippen molar-refractivity contribution in [2.75, 3.05) is 30.3 Å². The van der Waals surface area contributed by atoms with Crippen LogP contribution in [-0.4, -0.2) is 76.3 Å². The third-order valence-corrected chi connectivity index (χ3v) is 6.38. The minimum absolute atomic E-state index is 0.00190. The van der Waals surface area contributed by atoms with E-state index in [4.69, 9.17) is 0 Å². The van der Waals surface area contributed by atoms with Crippen molar-refractivity contribution in [1.82, 2.24) is 20.2 Å². The maximum Gasteiger partial charge on any atom is 0.345 e. The highest BCUT2D eigenvalue weighted by Gasteiger charge is 2.29. The highest BCUT2D eigenvalue weighted by molar-refractivity contribution is 5.99. The molecule has 0 unspecified atom stereocenters. The van der Waals surface area contributed by atoms with E-state index in [9.17, 15) is 27.9 Å². The Labute approximate surface area is 211 Å². The summed E-state index contributed by atoms with van der Waals surface area (Å²) in [5.41, 5.74) is 0.762. The third-order valence-electron chi connectivity index (χ3n) is 6.38. The molecule has 1 aromatic carbocycles. The van der Waals surface area contributed by atoms with Gasteiger partial charge in [0.25, 0.3) is 5.91 Å². The van der Waals surface area contributed by atoms with Crippen molar-refractivity contribution in [2.24, 2.45) is 0 Å². The molecule has 4 N–H and O–H groups in total. The van der Waals surface area contributed by atoms with Gasteiger partial charge < -0.3 is 30.7 Å². The van der Waals surface area contributed by atoms with Crippen LogP contribution in [-0.2, 0) is 9.53 Å². The second-order valence-electron chi connectivity index (χ2n) is 9.11. The number of rotatable bonds is 9. The van der Waals surface area contributed by atoms with E-state index < -0.39 is 25.0 Å². The molecule has 1 saturated carbocycles. The lowest BCUT2D eigenvalue weighted by Gasteiger charge is -2.27. The van der Waals surface area contributed by atoms with E-state index in [0.29, 0.717) is 50.2 Å². The molecule has 2 fully saturated rings. The Balaban J connectivity index is 1.45. The number of aliphatic hydroxyl groups excluding tert-OH is 1. The molecule has 13 heteroatoms. The summed E-state index contributed by atoms with van der Waals surface area (Å²) < 4.78 is 41.7. The van der Waals surface area contributed by atoms with Gasteiger partial charge in [-0.05, 0) is 56.4 Å². The zero-order valence-electron chi connectivity index (χ0n) is 20.0. The number of nitrogens with zero attached hydrogens (tertiary/aromatic N) is 3. The van der Waals surface area contributed by atoms with E-state index in [0.717, 1.165) is 0 Å². The Morgan fingerprint density at radius 1 is 1.11 bits per heavy atom. The van der Waals surface area contributed by atoms with Crippen molar-refractivity contribution in [3.63, 3.8) is 0 Å². The van der Waals surface area contributed by atoms with E-state index in [2.05, 4.69) is 30.7 Å². The number of benzene rings is 1. The van der Waals surface area contributed by atoms with Crippen molar-refractivity contribution in [1.29, 1.82) is 0 Å². The fourth-order valence-electron chi connectivity index (χ4n) is 4.39. The summed E-state index contributed by atoms with van der Waals surface area (Å²) >= 11 is 0. The fourth-order valence-corrected chi connectivity index (χ4v) is 4.39. The molecule has 2 aromatic rings. The average molecular weight is 523 g/mol. The number of hydrogen-bond acceptors (Lipinski definition) is 8. The molecule has 2 amide bonds. The van der Waals surface area contributed by atoms with Gasteiger partial charge in [0.2, 0.25) is 11.9 Å². The summed E-state index contributed by atoms with van der Waals surface area (Å²) in [7, 11) is 0. The van der Waals surface area contributed by atoms with E-state index >= 15 is 0 Å². The Hall–Kier alpha value is -3.45. The summed E-state index contributed by atoms with van der Waals surface area (Å²) in [6.07, 6.45) is 4.16. The van der Waals surface area contributed by atoms with Crippen LogP contribution < -0.4 is 16.0 Å². The van der Waals surface area contributed by atoms with Crippen LogP contribution in [0.2, 0.25) is 0 Å². The van der Waals surface area contributed by atoms with Crippen molar-refractivity contribution < 1.29 is 32.6 Å². The minimum atomic E-state index is -3.03. The van der Waals surface area contributed by atoms with Crippen molar-refractivity contribution in [3.05, 3.63) is 41.8 Å². The predicted molar refractivity (Wildman–Crippen MR) is 128 cm³/mol. The van der Waals surface area contributed by atoms with Gasteiger partial charge in [0.15, 0.2) is 0 Å². The summed E-state index contributed by atoms with van der Waals surface area (Å²) in [6.45, 7) is -3.27. The first-order chi connectivity index (χ1) is 17.8. The zero-order chi connectivity index (χ0) is 26.4. The lowest BCUT2D eigenvalue weighted by Crippen LogP contribution is -2.40. The summed E-state index contributed by atoms with van der Waals surface area (Å²) in [5.74, 6) is -0.893. The minimum Gasteiger partial charge on any atom is -0.393 e. The van der Waals surface area contributed by atoms with Crippen LogP contribution in [0.1, 0.15) is 42.5 Å². The summed E-state index contributed by atoms with van der Waals surface area (Å²) in [4.78, 5) is 35.3. The monoisotopic (exact) mass is 522 g/mol. The molecule has 4 rings (SSSR count). The van der Waals surface area contributed by atoms with Gasteiger partial charge in [0.1, 0.15) is 23.8 Å². The SMILES string of the molecule is O=C(N[C@H]1CCN(C(=O)COC(F)F)C1)c1cnc(Nc2ccc(F)cc2)nc1NC1CCC(O)CC1. The van der Waals surface area contributed by atoms with Gasteiger partial charge in [-0.2, -0.15) is 13.8 Å². The topological polar surface area (TPSA) is 129 Å². The van der Waals surface area contributed by atoms with Crippen LogP contribution in [0.15, 0.2) is 30.5 Å². The molecule has 10 nitrogen and oxygen atoms in total. The number of ether oxygens (including phenoxy) is 1. The van der Waals surface area contributed by atoms with Crippen molar-refractivity contribution in [2.45, 2.75) is 56.9 Å². The smallest absolute Gasteiger partial charge is 0.345 e. The van der Waals surface area contributed by atoms with E-state index in [1.807, 2.05) is 0 Å². The number of aliphatic hydroxyl groups is 1. The predicted octanol–water partition coefficient (Wildman–Crippen LogP) is 2.64. The average Bonchev–Trinajstić information content (AvgIpc) is 3.34. The normalized spacial score (nSPS) is 21.6. The number of halogens is 3. The van der Waals surface area contributed by atoms with Crippen LogP contribution in [0, 0.1) is 5.82 Å². The van der Waals surface area contributed by atoms with Gasteiger partial charge in [0.05, 0.1) is 6.10 Å². The lowest BCUT2D eigenvalue weighted by atomic mass is 9.93. The molecule has 0 bridgehead atoms. The largest absolute Gasteiger partial charge is 0.393 e. The number of carbonyl (C=O) groups is 2. The second kappa shape index (κ2) is 12.2. The number of alkyl halides is 2. The Morgan fingerprint density at radius 2 is 1.84 bits per heavy atom. The number of hydrogen-bond donors (Lipinski definition) is 4. The van der Waals surface area contributed by atoms with E-state index in [1.165, 1.54) is 35.4 Å². The first kappa shape index (κ1) is 26.6. The summed E-state index contributed by atoms with van der Waals surface area (Å²) in [5, 5.41) is 19.0. The molecule has 2 heterocycles. The fraction of sp³-hybridized carbons (Fsp3) is 0.500. The molecule has 200 valence electrons. The van der Waals surface area contributed by atoms with Crippen molar-refractivity contribution >= 4 is 29.3 Å². The highest BCUT2D eigenvalue weighted by atomic mass is 19.3. The number of nitrogens with one attached hydrogen (secondary N) is 3. The Kier molecular flexibility index (Phi) is 8.77. The maximum absolute atomic E-state index is 13.2. The van der Waals surface area contributed by atoms with Crippen LogP contribution in [0.3, 0.4) is 0 Å². The molecule has 2 aliphatic rings. The Morgan fingerprint density at radius 3 is 2.54 bits per heavy atom. The molecule has 1 aromatic heterocycles. The number of likely N-dealkylation sites (tertiary alicyclic amines) is 1. The van der Waals surface area contributed by atoms with Gasteiger partial charge in [-0.15, -0.1) is 0 Å². The number of aromatic nitrogens is 2. The molecular formula is C24H29F3N6O4. The van der Waals surface area contributed by atoms with Crippen LogP contribution in [0.5, 0.6) is 0 Å². The second-order valence-corrected chi connectivity index (χ2v) is 9.11. The quantitative estimate of drug-likeness (QED) is 0.396. The summed E-state index contributed by atoms with van der Waals surface area (Å²) in [6, 6.07) is 5.29. The Bertz CT molecular complexity index is 1080. The molecule has 37 heavy (non-hydrogen) atoms. The maximum atomic E-state index is 13.2. The van der Waals surface area contributed by atoms with Gasteiger partial charge in [0, 0.05) is 37.1 Å². The lowest BCUT2D eigenvalue weighted by molar-refractivity contribution is -0.158. The highest BCUT2D eigenvalue weighted by Crippen LogP contribution is 2.25. The van der Waals surface area contributed by atoms with Gasteiger partial charge in [-0.3, -0.25) is 9.59 Å². The number of carbonyl (C=O) groups excluding carboxylic acids is 2. The molecule has 0 radical (unpaired) electrons. The van der Waals surface area contributed by atoms with Gasteiger partial charge in [-0.1, -0.05) is 0 Å². The van der Waals surface area contributed by atoms with E-state index in [1.54, 1.807) is 0 Å². The van der Waals surface area contributed by atoms with E-state index in [-0.39, 0.29) is 42.1 Å². The zero-order valence-corrected chi connectivity index (χ0v) is 20.0. The molecular weight excluding hydrogens is 493 g/mol. The van der Waals surface area contributed by atoms with Crippen LogP contribution in [0.4, 0.5) is 30.6 Å².